The van der Waals surface area contributed by atoms with E-state index in [4.69, 9.17) is 25.8 Å². The van der Waals surface area contributed by atoms with E-state index in [-0.39, 0.29) is 5.60 Å². The van der Waals surface area contributed by atoms with Crippen molar-refractivity contribution in [1.82, 2.24) is 0 Å². The van der Waals surface area contributed by atoms with E-state index >= 15 is 0 Å². The minimum Gasteiger partial charge on any atom is -0.497 e. The summed E-state index contributed by atoms with van der Waals surface area (Å²) in [4.78, 5) is 0. The van der Waals surface area contributed by atoms with Gasteiger partial charge in [0.05, 0.1) is 23.4 Å². The van der Waals surface area contributed by atoms with Crippen LogP contribution in [0.25, 0.3) is 0 Å². The Labute approximate surface area is 130 Å². The molecule has 1 N–H and O–H groups in total. The highest BCUT2D eigenvalue weighted by molar-refractivity contribution is 6.33. The lowest BCUT2D eigenvalue weighted by molar-refractivity contribution is -0.135. The molecule has 0 bridgehead atoms. The maximum atomic E-state index is 6.28. The SMILES string of the molecule is COc1ccc(Cl)c(NC2CCOC3(CCOCC3)C2)c1. The highest BCUT2D eigenvalue weighted by Crippen LogP contribution is 2.36. The van der Waals surface area contributed by atoms with Gasteiger partial charge in [-0.3, -0.25) is 0 Å². The Morgan fingerprint density at radius 3 is 2.86 bits per heavy atom. The number of rotatable bonds is 3. The zero-order chi connectivity index (χ0) is 14.7. The monoisotopic (exact) mass is 311 g/mol. The van der Waals surface area contributed by atoms with E-state index in [2.05, 4.69) is 5.32 Å². The summed E-state index contributed by atoms with van der Waals surface area (Å²) in [6.07, 6.45) is 3.97. The summed E-state index contributed by atoms with van der Waals surface area (Å²) in [6, 6.07) is 6.07. The predicted octanol–water partition coefficient (Wildman–Crippen LogP) is 3.49. The van der Waals surface area contributed by atoms with Crippen molar-refractivity contribution in [1.29, 1.82) is 0 Å². The summed E-state index contributed by atoms with van der Waals surface area (Å²) in [5, 5.41) is 4.29. The van der Waals surface area contributed by atoms with E-state index < -0.39 is 0 Å². The number of methoxy groups -OCH3 is 1. The summed E-state index contributed by atoms with van der Waals surface area (Å²) in [5.74, 6) is 0.815. The molecule has 2 aliphatic heterocycles. The van der Waals surface area contributed by atoms with Gasteiger partial charge in [0.15, 0.2) is 0 Å². The molecular formula is C16H22ClNO3. The first-order valence-corrected chi connectivity index (χ1v) is 7.90. The van der Waals surface area contributed by atoms with Gasteiger partial charge >= 0.3 is 0 Å². The molecule has 1 aromatic carbocycles. The third-order valence-electron chi connectivity index (χ3n) is 4.43. The maximum absolute atomic E-state index is 6.28. The second kappa shape index (κ2) is 6.42. The van der Waals surface area contributed by atoms with Gasteiger partial charge in [-0.15, -0.1) is 0 Å². The lowest BCUT2D eigenvalue weighted by Crippen LogP contribution is -2.47. The van der Waals surface area contributed by atoms with Crippen molar-refractivity contribution >= 4 is 17.3 Å². The highest BCUT2D eigenvalue weighted by Gasteiger charge is 2.39. The van der Waals surface area contributed by atoms with Crippen LogP contribution in [-0.4, -0.2) is 38.6 Å². The Kier molecular flexibility index (Phi) is 4.57. The van der Waals surface area contributed by atoms with Gasteiger partial charge < -0.3 is 19.5 Å². The molecule has 2 saturated heterocycles. The Hall–Kier alpha value is -0.970. The van der Waals surface area contributed by atoms with Crippen molar-refractivity contribution in [3.63, 3.8) is 0 Å². The lowest BCUT2D eigenvalue weighted by atomic mass is 9.84. The van der Waals surface area contributed by atoms with Crippen LogP contribution < -0.4 is 10.1 Å². The Morgan fingerprint density at radius 1 is 1.29 bits per heavy atom. The van der Waals surface area contributed by atoms with Gasteiger partial charge in [-0.1, -0.05) is 11.6 Å². The van der Waals surface area contributed by atoms with Crippen molar-refractivity contribution < 1.29 is 14.2 Å². The molecule has 2 heterocycles. The van der Waals surface area contributed by atoms with Gasteiger partial charge in [0.1, 0.15) is 5.75 Å². The Morgan fingerprint density at radius 2 is 2.10 bits per heavy atom. The summed E-state index contributed by atoms with van der Waals surface area (Å²) in [7, 11) is 1.67. The van der Waals surface area contributed by atoms with E-state index in [0.717, 1.165) is 62.0 Å². The predicted molar refractivity (Wildman–Crippen MR) is 83.4 cm³/mol. The van der Waals surface area contributed by atoms with E-state index in [1.54, 1.807) is 7.11 Å². The lowest BCUT2D eigenvalue weighted by Gasteiger charge is -2.43. The molecule has 2 fully saturated rings. The van der Waals surface area contributed by atoms with Crippen molar-refractivity contribution in [2.45, 2.75) is 37.3 Å². The molecule has 1 aromatic rings. The van der Waals surface area contributed by atoms with Crippen LogP contribution in [0.1, 0.15) is 25.7 Å². The molecule has 1 unspecified atom stereocenters. The zero-order valence-electron chi connectivity index (χ0n) is 12.4. The van der Waals surface area contributed by atoms with Crippen LogP contribution in [0.4, 0.5) is 5.69 Å². The zero-order valence-corrected chi connectivity index (χ0v) is 13.1. The summed E-state index contributed by atoms with van der Waals surface area (Å²) in [5.41, 5.74) is 0.921. The Balaban J connectivity index is 1.69. The maximum Gasteiger partial charge on any atom is 0.121 e. The third kappa shape index (κ3) is 3.44. The highest BCUT2D eigenvalue weighted by atomic mass is 35.5. The number of hydrogen-bond acceptors (Lipinski definition) is 4. The minimum absolute atomic E-state index is 0.0144. The number of ether oxygens (including phenoxy) is 3. The molecule has 1 spiro atoms. The van der Waals surface area contributed by atoms with Gasteiger partial charge in [0.25, 0.3) is 0 Å². The summed E-state index contributed by atoms with van der Waals surface area (Å²) in [6.45, 7) is 2.39. The first kappa shape index (κ1) is 14.9. The van der Waals surface area contributed by atoms with E-state index in [0.29, 0.717) is 6.04 Å². The van der Waals surface area contributed by atoms with Crippen LogP contribution in [0.2, 0.25) is 5.02 Å². The Bertz CT molecular complexity index is 483. The van der Waals surface area contributed by atoms with Crippen molar-refractivity contribution in [3.8, 4) is 5.75 Å². The van der Waals surface area contributed by atoms with Crippen molar-refractivity contribution in [2.75, 3.05) is 32.2 Å². The van der Waals surface area contributed by atoms with Crippen LogP contribution in [-0.2, 0) is 9.47 Å². The van der Waals surface area contributed by atoms with E-state index in [1.807, 2.05) is 18.2 Å². The van der Waals surface area contributed by atoms with E-state index in [1.165, 1.54) is 0 Å². The average Bonchev–Trinajstić information content (AvgIpc) is 2.50. The smallest absolute Gasteiger partial charge is 0.121 e. The van der Waals surface area contributed by atoms with Crippen LogP contribution in [0.5, 0.6) is 5.75 Å². The average molecular weight is 312 g/mol. The molecule has 21 heavy (non-hydrogen) atoms. The largest absolute Gasteiger partial charge is 0.497 e. The molecule has 0 saturated carbocycles. The number of nitrogens with one attached hydrogen (secondary N) is 1. The van der Waals surface area contributed by atoms with Gasteiger partial charge in [-0.05, 0) is 37.8 Å². The van der Waals surface area contributed by atoms with Crippen molar-refractivity contribution in [2.24, 2.45) is 0 Å². The number of halogens is 1. The second-order valence-corrected chi connectivity index (χ2v) is 6.23. The quantitative estimate of drug-likeness (QED) is 0.927. The molecule has 5 heteroatoms. The van der Waals surface area contributed by atoms with Gasteiger partial charge in [0.2, 0.25) is 0 Å². The van der Waals surface area contributed by atoms with Gasteiger partial charge in [0, 0.05) is 31.9 Å². The molecule has 0 aliphatic carbocycles. The molecule has 3 rings (SSSR count). The van der Waals surface area contributed by atoms with Crippen LogP contribution in [0, 0.1) is 0 Å². The number of anilines is 1. The first-order chi connectivity index (χ1) is 10.2. The molecule has 0 aromatic heterocycles. The fourth-order valence-corrected chi connectivity index (χ4v) is 3.38. The molecule has 2 aliphatic rings. The van der Waals surface area contributed by atoms with Crippen LogP contribution in [0.3, 0.4) is 0 Å². The minimum atomic E-state index is -0.0144. The topological polar surface area (TPSA) is 39.7 Å². The van der Waals surface area contributed by atoms with Crippen molar-refractivity contribution in [3.05, 3.63) is 23.2 Å². The van der Waals surface area contributed by atoms with E-state index in [9.17, 15) is 0 Å². The fourth-order valence-electron chi connectivity index (χ4n) is 3.20. The number of hydrogen-bond donors (Lipinski definition) is 1. The molecule has 0 amide bonds. The fraction of sp³-hybridized carbons (Fsp3) is 0.625. The van der Waals surface area contributed by atoms with Gasteiger partial charge in [-0.2, -0.15) is 0 Å². The normalized spacial score (nSPS) is 24.8. The van der Waals surface area contributed by atoms with Crippen LogP contribution >= 0.6 is 11.6 Å². The van der Waals surface area contributed by atoms with Crippen LogP contribution in [0.15, 0.2) is 18.2 Å². The number of benzene rings is 1. The summed E-state index contributed by atoms with van der Waals surface area (Å²) >= 11 is 6.28. The molecule has 4 nitrogen and oxygen atoms in total. The second-order valence-electron chi connectivity index (χ2n) is 5.82. The first-order valence-electron chi connectivity index (χ1n) is 7.53. The molecule has 116 valence electrons. The summed E-state index contributed by atoms with van der Waals surface area (Å²) < 4.78 is 16.8. The van der Waals surface area contributed by atoms with Gasteiger partial charge in [-0.25, -0.2) is 0 Å². The molecule has 1 atom stereocenters. The molecule has 0 radical (unpaired) electrons. The third-order valence-corrected chi connectivity index (χ3v) is 4.76. The standard InChI is InChI=1S/C16H22ClNO3/c1-19-13-2-3-14(17)15(10-13)18-12-4-7-21-16(11-12)5-8-20-9-6-16/h2-3,10,12,18H,4-9,11H2,1H3. The molecular weight excluding hydrogens is 290 g/mol.